The molecule has 0 aliphatic heterocycles. The molecule has 0 spiro atoms. The predicted molar refractivity (Wildman–Crippen MR) is 178 cm³/mol. The second-order valence-electron chi connectivity index (χ2n) is 8.64. The monoisotopic (exact) mass is 658 g/mol. The van der Waals surface area contributed by atoms with E-state index in [1.165, 1.54) is 81.7 Å². The van der Waals surface area contributed by atoms with Crippen molar-refractivity contribution in [3.63, 3.8) is 0 Å². The smallest absolute Gasteiger partial charge is 0.171 e. The molecular weight excluding hydrogens is 623 g/mol. The summed E-state index contributed by atoms with van der Waals surface area (Å²) in [6.45, 7) is 7.50. The van der Waals surface area contributed by atoms with Gasteiger partial charge in [-0.15, -0.1) is 106 Å². The molecule has 6 aromatic rings. The summed E-state index contributed by atoms with van der Waals surface area (Å²) in [5, 5.41) is 5.50. The van der Waals surface area contributed by atoms with Gasteiger partial charge in [0.25, 0.3) is 0 Å². The second-order valence-corrected chi connectivity index (χ2v) is 8.64. The molecule has 4 heteroatoms. The fraction of sp³-hybridized carbons (Fsp3) is 0.167. The first kappa shape index (κ1) is 37.8. The van der Waals surface area contributed by atoms with Crippen molar-refractivity contribution >= 4 is 53.2 Å². The van der Waals surface area contributed by atoms with Gasteiger partial charge in [-0.2, -0.15) is 84.9 Å². The van der Waals surface area contributed by atoms with Crippen LogP contribution in [0.5, 0.6) is 0 Å². The van der Waals surface area contributed by atoms with Gasteiger partial charge in [-0.1, -0.05) is 38.8 Å². The van der Waals surface area contributed by atoms with Gasteiger partial charge in [0.2, 0.25) is 0 Å². The van der Waals surface area contributed by atoms with Crippen LogP contribution in [0, 0.1) is 12.1 Å². The summed E-state index contributed by atoms with van der Waals surface area (Å²) in [5.41, 5.74) is 2.94. The molecule has 0 N–H and O–H groups in total. The van der Waals surface area contributed by atoms with Gasteiger partial charge in [0.15, 0.2) is 0 Å². The van der Waals surface area contributed by atoms with Crippen LogP contribution >= 0.6 is 24.8 Å². The molecule has 0 nitrogen and oxygen atoms in total. The minimum Gasteiger partial charge on any atom is -0.184 e. The maximum Gasteiger partial charge on any atom is -0.171 e. The van der Waals surface area contributed by atoms with Gasteiger partial charge in [0, 0.05) is 0 Å². The summed E-state index contributed by atoms with van der Waals surface area (Å²) in [7, 11) is 0. The number of hydrogen-bond acceptors (Lipinski definition) is 0. The molecular formula is C36H38Cl2SiZr-4. The zero-order valence-corrected chi connectivity index (χ0v) is 28.4. The zero-order valence-electron chi connectivity index (χ0n) is 23.3. The first-order valence-electron chi connectivity index (χ1n) is 13.2. The van der Waals surface area contributed by atoms with Crippen LogP contribution in [0.3, 0.4) is 0 Å². The minimum absolute atomic E-state index is 0. The molecule has 0 saturated carbocycles. The maximum absolute atomic E-state index is 3.06. The van der Waals surface area contributed by atoms with Crippen LogP contribution < -0.4 is 0 Å². The van der Waals surface area contributed by atoms with Crippen molar-refractivity contribution in [3.8, 4) is 0 Å². The molecule has 0 aromatic heterocycles. The summed E-state index contributed by atoms with van der Waals surface area (Å²) in [6, 6.07) is 51.2. The Kier molecular flexibility index (Phi) is 23.2. The van der Waals surface area contributed by atoms with E-state index >= 15 is 0 Å². The molecule has 208 valence electrons. The van der Waals surface area contributed by atoms with Gasteiger partial charge in [-0.25, -0.2) is 0 Å². The van der Waals surface area contributed by atoms with Gasteiger partial charge < -0.3 is 0 Å². The van der Waals surface area contributed by atoms with Crippen molar-refractivity contribution in [1.82, 2.24) is 0 Å². The van der Waals surface area contributed by atoms with Crippen LogP contribution in [0.4, 0.5) is 0 Å². The van der Waals surface area contributed by atoms with Crippen molar-refractivity contribution in [2.24, 2.45) is 0 Å². The van der Waals surface area contributed by atoms with Crippen LogP contribution in [0.1, 0.15) is 37.8 Å². The van der Waals surface area contributed by atoms with E-state index in [-0.39, 0.29) is 24.8 Å². The molecule has 0 heterocycles. The van der Waals surface area contributed by atoms with E-state index < -0.39 is 0 Å². The third kappa shape index (κ3) is 15.0. The molecule has 2 radical (unpaired) electrons. The number of fused-ring (bicyclic) bond motifs is 2. The standard InChI is InChI=1S/2C12H13.2C6H5.2ClH.Si.Zr/c2*1-2-5-10-8-11-6-3-4-7-12(11)9-10;2*1-2-4-6-5-3-1;;;;/h2*3-4,6-9H,2,5H2,1H3;2*1-5H;2*1H;;/q4*-1;;;;. The Morgan fingerprint density at radius 2 is 0.900 bits per heavy atom. The fourth-order valence-corrected chi connectivity index (χ4v) is 3.98. The Morgan fingerprint density at radius 1 is 0.550 bits per heavy atom. The van der Waals surface area contributed by atoms with Crippen LogP contribution in [0.2, 0.25) is 0 Å². The van der Waals surface area contributed by atoms with Crippen molar-refractivity contribution in [1.29, 1.82) is 0 Å². The van der Waals surface area contributed by atoms with E-state index in [1.54, 1.807) is 0 Å². The number of aryl methyl sites for hydroxylation is 2. The first-order chi connectivity index (χ1) is 18.8. The van der Waals surface area contributed by atoms with Crippen LogP contribution in [-0.4, -0.2) is 6.88 Å². The van der Waals surface area contributed by atoms with E-state index in [9.17, 15) is 0 Å². The summed E-state index contributed by atoms with van der Waals surface area (Å²) in [4.78, 5) is 0. The Balaban J connectivity index is 0.000000510. The summed E-state index contributed by atoms with van der Waals surface area (Å²) in [5.74, 6) is 0. The molecule has 0 amide bonds. The molecule has 0 unspecified atom stereocenters. The van der Waals surface area contributed by atoms with E-state index in [0.29, 0.717) is 0 Å². The van der Waals surface area contributed by atoms with E-state index in [1.807, 2.05) is 60.7 Å². The van der Waals surface area contributed by atoms with E-state index in [0.717, 1.165) is 0 Å². The summed E-state index contributed by atoms with van der Waals surface area (Å²) in [6.07, 6.45) is 4.87. The van der Waals surface area contributed by atoms with Gasteiger partial charge in [-0.3, -0.25) is 0 Å². The topological polar surface area (TPSA) is 0 Å². The number of rotatable bonds is 4. The minimum atomic E-state index is 0. The van der Waals surface area contributed by atoms with Crippen molar-refractivity contribution in [2.75, 3.05) is 0 Å². The Bertz CT molecular complexity index is 1150. The molecule has 6 aromatic carbocycles. The fourth-order valence-electron chi connectivity index (χ4n) is 3.98. The SMILES string of the molecule is CCCc1cc2ccccc2[cH-]1.CCCc1cc2ccccc2[cH-]1.Cl.Cl.[Si]=[Zr].[c-]1ccccc1.[c-]1ccccc1. The van der Waals surface area contributed by atoms with Crippen molar-refractivity contribution < 1.29 is 23.3 Å². The van der Waals surface area contributed by atoms with Crippen molar-refractivity contribution in [3.05, 3.63) is 157 Å². The van der Waals surface area contributed by atoms with E-state index in [2.05, 4.69) is 106 Å². The Hall–Kier alpha value is -2.22. The molecule has 0 bridgehead atoms. The number of halogens is 2. The third-order valence-corrected chi connectivity index (χ3v) is 5.65. The second kappa shape index (κ2) is 24.6. The largest absolute Gasteiger partial charge is 0.184 e. The molecule has 0 aliphatic rings. The summed E-state index contributed by atoms with van der Waals surface area (Å²) >= 11 is 1.36. The average molecular weight is 661 g/mol. The predicted octanol–water partition coefficient (Wildman–Crippen LogP) is 10.5. The number of hydrogen-bond donors (Lipinski definition) is 0. The molecule has 0 fully saturated rings. The van der Waals surface area contributed by atoms with Gasteiger partial charge in [0.05, 0.1) is 0 Å². The molecule has 0 saturated heterocycles. The zero-order chi connectivity index (χ0) is 27.3. The Labute approximate surface area is 271 Å². The summed E-state index contributed by atoms with van der Waals surface area (Å²) < 4.78 is 0. The molecule has 40 heavy (non-hydrogen) atoms. The van der Waals surface area contributed by atoms with Crippen molar-refractivity contribution in [2.45, 2.75) is 39.5 Å². The van der Waals surface area contributed by atoms with Gasteiger partial charge in [-0.05, 0) is 12.8 Å². The molecule has 6 rings (SSSR count). The van der Waals surface area contributed by atoms with Crippen LogP contribution in [-0.2, 0) is 36.2 Å². The first-order valence-corrected chi connectivity index (χ1v) is 17.3. The quantitative estimate of drug-likeness (QED) is 0.130. The van der Waals surface area contributed by atoms with Crippen LogP contribution in [0.25, 0.3) is 21.5 Å². The normalized spacial score (nSPS) is 8.93. The third-order valence-electron chi connectivity index (χ3n) is 5.65. The molecule has 0 aliphatic carbocycles. The van der Waals surface area contributed by atoms with Crippen LogP contribution in [0.15, 0.2) is 133 Å². The molecule has 0 atom stereocenters. The Morgan fingerprint density at radius 3 is 1.15 bits per heavy atom. The maximum atomic E-state index is 3.06. The van der Waals surface area contributed by atoms with Gasteiger partial charge in [0.1, 0.15) is 0 Å². The number of benzene rings is 4. The van der Waals surface area contributed by atoms with Gasteiger partial charge >= 0.3 is 30.2 Å². The van der Waals surface area contributed by atoms with E-state index in [4.69, 9.17) is 0 Å². The average Bonchev–Trinajstić information content (AvgIpc) is 3.61.